The van der Waals surface area contributed by atoms with Crippen molar-refractivity contribution < 1.29 is 9.32 Å². The molecule has 0 fully saturated rings. The molecule has 0 saturated heterocycles. The molecule has 0 N–H and O–H groups in total. The second kappa shape index (κ2) is 9.58. The Hall–Kier alpha value is -3.44. The molecule has 1 aromatic heterocycles. The summed E-state index contributed by atoms with van der Waals surface area (Å²) in [6.45, 7) is 0.212. The average molecular weight is 432 g/mol. The van der Waals surface area contributed by atoms with E-state index in [4.69, 9.17) is 16.1 Å². The van der Waals surface area contributed by atoms with Gasteiger partial charge >= 0.3 is 0 Å². The minimum atomic E-state index is -0.0823. The first-order chi connectivity index (χ1) is 15.1. The molecular weight excluding hydrogens is 410 g/mol. The molecule has 0 bridgehead atoms. The molecule has 0 spiro atoms. The summed E-state index contributed by atoms with van der Waals surface area (Å²) in [5.74, 6) is 0.679. The highest BCUT2D eigenvalue weighted by molar-refractivity contribution is 6.33. The number of benzene rings is 3. The van der Waals surface area contributed by atoms with E-state index in [0.29, 0.717) is 27.9 Å². The maximum atomic E-state index is 13.1. The number of carbonyl (C=O) groups is 1. The molecule has 1 heterocycles. The van der Waals surface area contributed by atoms with Crippen LogP contribution >= 0.6 is 11.6 Å². The fourth-order valence-corrected chi connectivity index (χ4v) is 3.64. The Morgan fingerprint density at radius 2 is 1.65 bits per heavy atom. The third kappa shape index (κ3) is 5.01. The van der Waals surface area contributed by atoms with Crippen LogP contribution in [0.25, 0.3) is 11.4 Å². The van der Waals surface area contributed by atoms with Crippen molar-refractivity contribution in [1.29, 1.82) is 0 Å². The Morgan fingerprint density at radius 1 is 0.935 bits per heavy atom. The van der Waals surface area contributed by atoms with Crippen LogP contribution in [0.2, 0.25) is 5.02 Å². The number of aromatic nitrogens is 2. The van der Waals surface area contributed by atoms with Gasteiger partial charge in [-0.2, -0.15) is 4.98 Å². The van der Waals surface area contributed by atoms with E-state index in [2.05, 4.69) is 22.3 Å². The second-order valence-corrected chi connectivity index (χ2v) is 7.70. The predicted molar refractivity (Wildman–Crippen MR) is 121 cm³/mol. The highest BCUT2D eigenvalue weighted by Gasteiger charge is 2.19. The maximum absolute atomic E-state index is 13.1. The maximum Gasteiger partial charge on any atom is 0.254 e. The largest absolute Gasteiger partial charge is 0.337 e. The fraction of sp³-hybridized carbons (Fsp3) is 0.160. The van der Waals surface area contributed by atoms with Crippen molar-refractivity contribution in [2.45, 2.75) is 19.4 Å². The molecule has 4 aromatic rings. The number of rotatable bonds is 7. The van der Waals surface area contributed by atoms with E-state index in [0.717, 1.165) is 18.4 Å². The van der Waals surface area contributed by atoms with Crippen LogP contribution in [0.15, 0.2) is 83.4 Å². The predicted octanol–water partition coefficient (Wildman–Crippen LogP) is 5.45. The summed E-state index contributed by atoms with van der Waals surface area (Å²) in [5, 5.41) is 4.55. The molecule has 0 aliphatic rings. The normalized spacial score (nSPS) is 10.8. The fourth-order valence-electron chi connectivity index (χ4n) is 3.42. The van der Waals surface area contributed by atoms with Crippen molar-refractivity contribution in [3.05, 3.63) is 106 Å². The van der Waals surface area contributed by atoms with Crippen molar-refractivity contribution in [1.82, 2.24) is 15.0 Å². The second-order valence-electron chi connectivity index (χ2n) is 7.30. The molecule has 0 unspecified atom stereocenters. The van der Waals surface area contributed by atoms with Gasteiger partial charge in [0.25, 0.3) is 5.91 Å². The van der Waals surface area contributed by atoms with Crippen LogP contribution in [0.5, 0.6) is 0 Å². The van der Waals surface area contributed by atoms with Gasteiger partial charge in [-0.25, -0.2) is 0 Å². The van der Waals surface area contributed by atoms with Crippen LogP contribution in [0.1, 0.15) is 27.4 Å². The zero-order valence-corrected chi connectivity index (χ0v) is 17.9. The molecule has 5 nitrogen and oxygen atoms in total. The van der Waals surface area contributed by atoms with Gasteiger partial charge in [0.2, 0.25) is 11.7 Å². The number of hydrogen-bond donors (Lipinski definition) is 0. The van der Waals surface area contributed by atoms with Gasteiger partial charge in [-0.15, -0.1) is 0 Å². The third-order valence-electron chi connectivity index (χ3n) is 5.08. The summed E-state index contributed by atoms with van der Waals surface area (Å²) in [6.07, 6.45) is 1.66. The number of nitrogens with zero attached hydrogens (tertiary/aromatic N) is 3. The number of halogens is 1. The molecule has 31 heavy (non-hydrogen) atoms. The first-order valence-corrected chi connectivity index (χ1v) is 10.4. The van der Waals surface area contributed by atoms with Gasteiger partial charge in [0.15, 0.2) is 0 Å². The lowest BCUT2D eigenvalue weighted by molar-refractivity contribution is 0.0768. The van der Waals surface area contributed by atoms with Gasteiger partial charge in [0.05, 0.1) is 11.6 Å². The summed E-state index contributed by atoms with van der Waals surface area (Å²) in [4.78, 5) is 19.1. The van der Waals surface area contributed by atoms with Gasteiger partial charge in [-0.05, 0) is 42.2 Å². The Kier molecular flexibility index (Phi) is 6.43. The third-order valence-corrected chi connectivity index (χ3v) is 5.41. The summed E-state index contributed by atoms with van der Waals surface area (Å²) in [7, 11) is 1.73. The van der Waals surface area contributed by atoms with Crippen molar-refractivity contribution in [2.24, 2.45) is 0 Å². The summed E-state index contributed by atoms with van der Waals surface area (Å²) in [5.41, 5.74) is 3.65. The molecule has 3 aromatic carbocycles. The van der Waals surface area contributed by atoms with E-state index in [1.807, 2.05) is 60.7 Å². The van der Waals surface area contributed by atoms with Gasteiger partial charge in [-0.1, -0.05) is 77.4 Å². The minimum Gasteiger partial charge on any atom is -0.337 e. The lowest BCUT2D eigenvalue weighted by Gasteiger charge is -2.17. The first-order valence-electron chi connectivity index (χ1n) is 10.1. The van der Waals surface area contributed by atoms with Crippen LogP contribution in [0.4, 0.5) is 0 Å². The Morgan fingerprint density at radius 3 is 2.45 bits per heavy atom. The van der Waals surface area contributed by atoms with Crippen LogP contribution in [-0.2, 0) is 19.4 Å². The smallest absolute Gasteiger partial charge is 0.254 e. The summed E-state index contributed by atoms with van der Waals surface area (Å²) < 4.78 is 5.35. The van der Waals surface area contributed by atoms with E-state index in [1.54, 1.807) is 18.0 Å². The van der Waals surface area contributed by atoms with E-state index in [-0.39, 0.29) is 12.5 Å². The van der Waals surface area contributed by atoms with Gasteiger partial charge in [-0.3, -0.25) is 4.79 Å². The van der Waals surface area contributed by atoms with Crippen LogP contribution in [0.3, 0.4) is 0 Å². The topological polar surface area (TPSA) is 59.2 Å². The monoisotopic (exact) mass is 431 g/mol. The lowest BCUT2D eigenvalue weighted by Crippen LogP contribution is -2.27. The minimum absolute atomic E-state index is 0.0823. The number of amides is 1. The zero-order valence-electron chi connectivity index (χ0n) is 17.2. The van der Waals surface area contributed by atoms with Gasteiger partial charge in [0, 0.05) is 18.2 Å². The van der Waals surface area contributed by atoms with E-state index in [1.165, 1.54) is 5.56 Å². The molecule has 0 atom stereocenters. The summed E-state index contributed by atoms with van der Waals surface area (Å²) in [6, 6.07) is 25.3. The molecule has 0 saturated carbocycles. The van der Waals surface area contributed by atoms with E-state index < -0.39 is 0 Å². The molecule has 0 aliphatic carbocycles. The molecule has 0 aliphatic heterocycles. The average Bonchev–Trinajstić information content (AvgIpc) is 3.26. The Labute approximate surface area is 186 Å². The Bertz CT molecular complexity index is 1170. The van der Waals surface area contributed by atoms with Crippen molar-refractivity contribution >= 4 is 17.5 Å². The zero-order chi connectivity index (χ0) is 21.6. The van der Waals surface area contributed by atoms with E-state index >= 15 is 0 Å². The van der Waals surface area contributed by atoms with Crippen molar-refractivity contribution in [3.8, 4) is 11.4 Å². The van der Waals surface area contributed by atoms with Crippen LogP contribution < -0.4 is 0 Å². The van der Waals surface area contributed by atoms with Crippen LogP contribution in [0, 0.1) is 0 Å². The number of aryl methyl sites for hydroxylation is 2. The summed E-state index contributed by atoms with van der Waals surface area (Å²) >= 11 is 6.21. The molecule has 0 radical (unpaired) electrons. The quantitative estimate of drug-likeness (QED) is 0.390. The molecule has 156 valence electrons. The van der Waals surface area contributed by atoms with Gasteiger partial charge in [0.1, 0.15) is 0 Å². The molecule has 1 amide bonds. The lowest BCUT2D eigenvalue weighted by atomic mass is 9.99. The highest BCUT2D eigenvalue weighted by Crippen LogP contribution is 2.25. The van der Waals surface area contributed by atoms with Crippen molar-refractivity contribution in [2.75, 3.05) is 7.05 Å². The van der Waals surface area contributed by atoms with Crippen molar-refractivity contribution in [3.63, 3.8) is 0 Å². The highest BCUT2D eigenvalue weighted by atomic mass is 35.5. The first kappa shape index (κ1) is 20.8. The SMILES string of the molecule is CN(Cc1nc(-c2ccccc2Cl)no1)C(=O)c1ccccc1CCc1ccccc1. The van der Waals surface area contributed by atoms with Gasteiger partial charge < -0.3 is 9.42 Å². The van der Waals surface area contributed by atoms with E-state index in [9.17, 15) is 4.79 Å². The number of hydrogen-bond acceptors (Lipinski definition) is 4. The molecular formula is C25H22ClN3O2. The standard InChI is InChI=1S/C25H22ClN3O2/c1-29(17-23-27-24(28-31-23)21-13-7-8-14-22(21)26)25(30)20-12-6-5-11-19(20)16-15-18-9-3-2-4-10-18/h2-14H,15-17H2,1H3. The Balaban J connectivity index is 1.46. The van der Waals surface area contributed by atoms with Crippen LogP contribution in [-0.4, -0.2) is 28.0 Å². The molecule has 4 rings (SSSR count). The number of carbonyl (C=O) groups excluding carboxylic acids is 1. The molecule has 6 heteroatoms.